The van der Waals surface area contributed by atoms with E-state index in [1.807, 2.05) is 14.1 Å². The molecular weight excluding hydrogens is 281 g/mol. The van der Waals surface area contributed by atoms with Gasteiger partial charge in [-0.25, -0.2) is 4.39 Å². The lowest BCUT2D eigenvalue weighted by Gasteiger charge is -2.10. The molecule has 0 saturated carbocycles. The highest BCUT2D eigenvalue weighted by molar-refractivity contribution is 6.09. The fourth-order valence-electron chi connectivity index (χ4n) is 2.07. The minimum atomic E-state index is -0.503. The van der Waals surface area contributed by atoms with Crippen LogP contribution in [0.3, 0.4) is 0 Å². The van der Waals surface area contributed by atoms with Crippen molar-refractivity contribution in [2.24, 2.45) is 0 Å². The SMILES string of the molecule is CN(C)CCCOc1ccc(C(=O)c2ccccc2F)cc1. The standard InChI is InChI=1S/C18H20FNO2/c1-20(2)12-5-13-22-15-10-8-14(9-11-15)18(21)16-6-3-4-7-17(16)19/h3-4,6-11H,5,12-13H2,1-2H3. The summed E-state index contributed by atoms with van der Waals surface area (Å²) in [4.78, 5) is 14.3. The summed E-state index contributed by atoms with van der Waals surface area (Å²) >= 11 is 0. The molecule has 0 amide bonds. The van der Waals surface area contributed by atoms with Crippen LogP contribution >= 0.6 is 0 Å². The lowest BCUT2D eigenvalue weighted by atomic mass is 10.0. The van der Waals surface area contributed by atoms with Crippen LogP contribution in [0.15, 0.2) is 48.5 Å². The van der Waals surface area contributed by atoms with Crippen LogP contribution in [0.2, 0.25) is 0 Å². The van der Waals surface area contributed by atoms with Crippen molar-refractivity contribution in [2.75, 3.05) is 27.2 Å². The summed E-state index contributed by atoms with van der Waals surface area (Å²) in [5.41, 5.74) is 0.535. The first-order valence-electron chi connectivity index (χ1n) is 7.25. The van der Waals surface area contributed by atoms with Gasteiger partial charge in [-0.3, -0.25) is 4.79 Å². The van der Waals surface area contributed by atoms with E-state index in [1.165, 1.54) is 12.1 Å². The molecule has 3 nitrogen and oxygen atoms in total. The van der Waals surface area contributed by atoms with Crippen molar-refractivity contribution in [1.29, 1.82) is 0 Å². The van der Waals surface area contributed by atoms with Gasteiger partial charge in [0.2, 0.25) is 0 Å². The Morgan fingerprint density at radius 3 is 2.41 bits per heavy atom. The van der Waals surface area contributed by atoms with Crippen molar-refractivity contribution < 1.29 is 13.9 Å². The molecular formula is C18H20FNO2. The van der Waals surface area contributed by atoms with Crippen LogP contribution in [0.5, 0.6) is 5.75 Å². The molecule has 0 N–H and O–H groups in total. The number of ketones is 1. The fraction of sp³-hybridized carbons (Fsp3) is 0.278. The highest BCUT2D eigenvalue weighted by Gasteiger charge is 2.13. The third-order valence-electron chi connectivity index (χ3n) is 3.25. The van der Waals surface area contributed by atoms with E-state index in [2.05, 4.69) is 4.90 Å². The molecule has 0 atom stereocenters. The summed E-state index contributed by atoms with van der Waals surface area (Å²) in [6.45, 7) is 1.59. The molecule has 22 heavy (non-hydrogen) atoms. The number of rotatable bonds is 7. The molecule has 116 valence electrons. The average Bonchev–Trinajstić information content (AvgIpc) is 2.52. The first kappa shape index (κ1) is 16.2. The second-order valence-corrected chi connectivity index (χ2v) is 5.34. The fourth-order valence-corrected chi connectivity index (χ4v) is 2.07. The normalized spacial score (nSPS) is 10.7. The van der Waals surface area contributed by atoms with Gasteiger partial charge in [0.25, 0.3) is 0 Å². The van der Waals surface area contributed by atoms with E-state index in [9.17, 15) is 9.18 Å². The number of nitrogens with zero attached hydrogens (tertiary/aromatic N) is 1. The second-order valence-electron chi connectivity index (χ2n) is 5.34. The van der Waals surface area contributed by atoms with E-state index in [4.69, 9.17) is 4.74 Å². The zero-order valence-electron chi connectivity index (χ0n) is 12.9. The number of hydrogen-bond acceptors (Lipinski definition) is 3. The summed E-state index contributed by atoms with van der Waals surface area (Å²) in [5, 5.41) is 0. The van der Waals surface area contributed by atoms with Gasteiger partial charge in [-0.2, -0.15) is 0 Å². The molecule has 0 saturated heterocycles. The number of carbonyl (C=O) groups is 1. The lowest BCUT2D eigenvalue weighted by molar-refractivity contribution is 0.103. The van der Waals surface area contributed by atoms with Crippen molar-refractivity contribution in [1.82, 2.24) is 4.90 Å². The molecule has 0 unspecified atom stereocenters. The van der Waals surface area contributed by atoms with Crippen LogP contribution in [0.4, 0.5) is 4.39 Å². The van der Waals surface area contributed by atoms with Crippen molar-refractivity contribution in [3.63, 3.8) is 0 Å². The first-order valence-corrected chi connectivity index (χ1v) is 7.25. The summed E-state index contributed by atoms with van der Waals surface area (Å²) < 4.78 is 19.2. The van der Waals surface area contributed by atoms with Crippen molar-refractivity contribution >= 4 is 5.78 Å². The molecule has 0 aromatic heterocycles. The molecule has 0 spiro atoms. The zero-order chi connectivity index (χ0) is 15.9. The Kier molecular flexibility index (Phi) is 5.67. The summed E-state index contributed by atoms with van der Waals surface area (Å²) in [6.07, 6.45) is 0.933. The van der Waals surface area contributed by atoms with E-state index in [0.717, 1.165) is 13.0 Å². The van der Waals surface area contributed by atoms with E-state index in [-0.39, 0.29) is 11.3 Å². The Morgan fingerprint density at radius 2 is 1.77 bits per heavy atom. The molecule has 0 aliphatic heterocycles. The Bertz CT molecular complexity index is 623. The van der Waals surface area contributed by atoms with Crippen molar-refractivity contribution in [3.05, 3.63) is 65.5 Å². The van der Waals surface area contributed by atoms with E-state index < -0.39 is 5.82 Å². The Hall–Kier alpha value is -2.20. The van der Waals surface area contributed by atoms with E-state index in [1.54, 1.807) is 36.4 Å². The molecule has 0 bridgehead atoms. The Morgan fingerprint density at radius 1 is 1.09 bits per heavy atom. The van der Waals surface area contributed by atoms with Crippen molar-refractivity contribution in [3.8, 4) is 5.75 Å². The largest absolute Gasteiger partial charge is 0.494 e. The van der Waals surface area contributed by atoms with Gasteiger partial charge in [-0.05, 0) is 56.9 Å². The third-order valence-corrected chi connectivity index (χ3v) is 3.25. The minimum Gasteiger partial charge on any atom is -0.494 e. The molecule has 2 aromatic rings. The molecule has 0 heterocycles. The predicted molar refractivity (Wildman–Crippen MR) is 84.9 cm³/mol. The minimum absolute atomic E-state index is 0.0853. The predicted octanol–water partition coefficient (Wildman–Crippen LogP) is 3.39. The van der Waals surface area contributed by atoms with Gasteiger partial charge >= 0.3 is 0 Å². The highest BCUT2D eigenvalue weighted by Crippen LogP contribution is 2.17. The summed E-state index contributed by atoms with van der Waals surface area (Å²) in [5.74, 6) is -0.113. The third kappa shape index (κ3) is 4.40. The maximum atomic E-state index is 13.6. The maximum Gasteiger partial charge on any atom is 0.195 e. The monoisotopic (exact) mass is 301 g/mol. The van der Waals surface area contributed by atoms with Gasteiger partial charge in [0.1, 0.15) is 11.6 Å². The summed E-state index contributed by atoms with van der Waals surface area (Å²) in [7, 11) is 4.03. The topological polar surface area (TPSA) is 29.5 Å². The smallest absolute Gasteiger partial charge is 0.195 e. The number of carbonyl (C=O) groups excluding carboxylic acids is 1. The van der Waals surface area contributed by atoms with Crippen LogP contribution in [0.1, 0.15) is 22.3 Å². The highest BCUT2D eigenvalue weighted by atomic mass is 19.1. The number of benzene rings is 2. The Balaban J connectivity index is 1.97. The number of halogens is 1. The number of hydrogen-bond donors (Lipinski definition) is 0. The molecule has 2 rings (SSSR count). The average molecular weight is 301 g/mol. The van der Waals surface area contributed by atoms with E-state index in [0.29, 0.717) is 17.9 Å². The van der Waals surface area contributed by atoms with Crippen molar-refractivity contribution in [2.45, 2.75) is 6.42 Å². The molecule has 0 aliphatic rings. The van der Waals surface area contributed by atoms with Gasteiger partial charge < -0.3 is 9.64 Å². The van der Waals surface area contributed by atoms with Gasteiger partial charge in [0, 0.05) is 12.1 Å². The molecule has 2 aromatic carbocycles. The summed E-state index contributed by atoms with van der Waals surface area (Å²) in [6, 6.07) is 12.8. The molecule has 0 radical (unpaired) electrons. The maximum absolute atomic E-state index is 13.6. The Labute approximate surface area is 130 Å². The van der Waals surface area contributed by atoms with Crippen LogP contribution in [-0.2, 0) is 0 Å². The van der Waals surface area contributed by atoms with Gasteiger partial charge in [0.05, 0.1) is 12.2 Å². The van der Waals surface area contributed by atoms with Gasteiger partial charge in [-0.1, -0.05) is 12.1 Å². The molecule has 0 aliphatic carbocycles. The van der Waals surface area contributed by atoms with Crippen LogP contribution < -0.4 is 4.74 Å². The van der Waals surface area contributed by atoms with Gasteiger partial charge in [0.15, 0.2) is 5.78 Å². The second kappa shape index (κ2) is 7.71. The van der Waals surface area contributed by atoms with Crippen LogP contribution in [0.25, 0.3) is 0 Å². The lowest BCUT2D eigenvalue weighted by Crippen LogP contribution is -2.15. The van der Waals surface area contributed by atoms with Gasteiger partial charge in [-0.15, -0.1) is 0 Å². The number of ether oxygens (including phenoxy) is 1. The first-order chi connectivity index (χ1) is 10.6. The molecule has 0 fully saturated rings. The zero-order valence-corrected chi connectivity index (χ0v) is 12.9. The van der Waals surface area contributed by atoms with Crippen LogP contribution in [-0.4, -0.2) is 37.9 Å². The van der Waals surface area contributed by atoms with Crippen LogP contribution in [0, 0.1) is 5.82 Å². The quantitative estimate of drug-likeness (QED) is 0.580. The van der Waals surface area contributed by atoms with E-state index >= 15 is 0 Å². The molecule has 4 heteroatoms.